The lowest BCUT2D eigenvalue weighted by molar-refractivity contribution is -0.123. The van der Waals surface area contributed by atoms with Gasteiger partial charge in [0.1, 0.15) is 5.82 Å². The van der Waals surface area contributed by atoms with Crippen molar-refractivity contribution < 1.29 is 14.0 Å². The molecule has 2 fully saturated rings. The Hall–Kier alpha value is -1.66. The number of amides is 2. The van der Waals surface area contributed by atoms with E-state index in [1.807, 2.05) is 0 Å². The number of hydrogen-bond donors (Lipinski definition) is 3. The van der Waals surface area contributed by atoms with Crippen molar-refractivity contribution in [2.45, 2.75) is 19.3 Å². The van der Waals surface area contributed by atoms with Crippen LogP contribution in [-0.4, -0.2) is 38.0 Å². The molecule has 0 radical (unpaired) electrons. The lowest BCUT2D eigenvalue weighted by atomic mass is 9.92. The molecule has 24 heavy (non-hydrogen) atoms. The van der Waals surface area contributed by atoms with Crippen LogP contribution < -0.4 is 16.0 Å². The molecule has 0 bridgehead atoms. The quantitative estimate of drug-likeness (QED) is 0.701. The first kappa shape index (κ1) is 18.7. The zero-order chi connectivity index (χ0) is 16.3. The van der Waals surface area contributed by atoms with Crippen molar-refractivity contribution in [1.29, 1.82) is 0 Å². The zero-order valence-corrected chi connectivity index (χ0v) is 14.3. The zero-order valence-electron chi connectivity index (χ0n) is 13.4. The number of benzene rings is 1. The SMILES string of the molecule is Cl.O=C(NCCNC(=O)C1CC12CCNCC2)c1ccc(F)cc1. The minimum absolute atomic E-state index is 0. The molecule has 1 aromatic rings. The van der Waals surface area contributed by atoms with Gasteiger partial charge >= 0.3 is 0 Å². The molecule has 132 valence electrons. The molecular weight excluding hydrogens is 333 g/mol. The maximum Gasteiger partial charge on any atom is 0.251 e. The normalized spacial score (nSPS) is 20.8. The standard InChI is InChI=1S/C17H22FN3O2.ClH/c18-13-3-1-12(2-4-13)15(22)20-9-10-21-16(23)14-11-17(14)5-7-19-8-6-17;/h1-4,14,19H,5-11H2,(H,20,22)(H,21,23);1H. The maximum absolute atomic E-state index is 12.8. The molecule has 1 aliphatic carbocycles. The predicted octanol–water partition coefficient (Wildman–Crippen LogP) is 1.48. The third-order valence-electron chi connectivity index (χ3n) is 4.92. The second-order valence-corrected chi connectivity index (χ2v) is 6.42. The van der Waals surface area contributed by atoms with Crippen molar-refractivity contribution in [3.05, 3.63) is 35.6 Å². The van der Waals surface area contributed by atoms with Gasteiger partial charge < -0.3 is 16.0 Å². The third-order valence-corrected chi connectivity index (χ3v) is 4.92. The molecule has 1 saturated heterocycles. The van der Waals surface area contributed by atoms with Gasteiger partial charge in [-0.25, -0.2) is 4.39 Å². The Bertz CT molecular complexity index is 588. The van der Waals surface area contributed by atoms with Crippen LogP contribution in [0.25, 0.3) is 0 Å². The summed E-state index contributed by atoms with van der Waals surface area (Å²) < 4.78 is 12.8. The summed E-state index contributed by atoms with van der Waals surface area (Å²) in [7, 11) is 0. The number of carbonyl (C=O) groups excluding carboxylic acids is 2. The van der Waals surface area contributed by atoms with E-state index in [-0.39, 0.29) is 41.4 Å². The average molecular weight is 356 g/mol. The molecule has 1 spiro atoms. The highest BCUT2D eigenvalue weighted by Gasteiger charge is 2.57. The van der Waals surface area contributed by atoms with Gasteiger partial charge in [0.05, 0.1) is 0 Å². The predicted molar refractivity (Wildman–Crippen MR) is 91.6 cm³/mol. The highest BCUT2D eigenvalue weighted by atomic mass is 35.5. The van der Waals surface area contributed by atoms with Crippen molar-refractivity contribution in [2.75, 3.05) is 26.2 Å². The number of hydrogen-bond acceptors (Lipinski definition) is 3. The highest BCUT2D eigenvalue weighted by Crippen LogP contribution is 2.58. The first-order valence-corrected chi connectivity index (χ1v) is 8.13. The van der Waals surface area contributed by atoms with Crippen LogP contribution in [-0.2, 0) is 4.79 Å². The Balaban J connectivity index is 0.00000208. The molecule has 1 unspecified atom stereocenters. The fraction of sp³-hybridized carbons (Fsp3) is 0.529. The molecular formula is C17H23ClFN3O2. The van der Waals surface area contributed by atoms with Gasteiger partial charge in [-0.3, -0.25) is 9.59 Å². The third kappa shape index (κ3) is 4.24. The first-order chi connectivity index (χ1) is 11.1. The highest BCUT2D eigenvalue weighted by molar-refractivity contribution is 5.94. The van der Waals surface area contributed by atoms with E-state index in [4.69, 9.17) is 0 Å². The van der Waals surface area contributed by atoms with Crippen LogP contribution in [0.1, 0.15) is 29.6 Å². The molecule has 0 aromatic heterocycles. The molecule has 1 heterocycles. The Labute approximate surface area is 147 Å². The molecule has 1 aliphatic heterocycles. The molecule has 1 saturated carbocycles. The molecule has 3 rings (SSSR count). The number of piperidine rings is 1. The molecule has 2 amide bonds. The van der Waals surface area contributed by atoms with E-state index in [0.717, 1.165) is 32.4 Å². The van der Waals surface area contributed by atoms with E-state index in [9.17, 15) is 14.0 Å². The molecule has 3 N–H and O–H groups in total. The van der Waals surface area contributed by atoms with Crippen LogP contribution in [0.4, 0.5) is 4.39 Å². The summed E-state index contributed by atoms with van der Waals surface area (Å²) in [4.78, 5) is 24.0. The lowest BCUT2D eigenvalue weighted by Gasteiger charge is -2.23. The first-order valence-electron chi connectivity index (χ1n) is 8.13. The van der Waals surface area contributed by atoms with Crippen LogP contribution in [0.2, 0.25) is 0 Å². The lowest BCUT2D eigenvalue weighted by Crippen LogP contribution is -2.37. The topological polar surface area (TPSA) is 70.2 Å². The fourth-order valence-corrected chi connectivity index (χ4v) is 3.38. The molecule has 7 heteroatoms. The van der Waals surface area contributed by atoms with E-state index in [1.165, 1.54) is 24.3 Å². The molecule has 1 atom stereocenters. The second kappa shape index (κ2) is 7.94. The summed E-state index contributed by atoms with van der Waals surface area (Å²) in [5, 5.41) is 8.94. The van der Waals surface area contributed by atoms with Crippen molar-refractivity contribution in [3.63, 3.8) is 0 Å². The maximum atomic E-state index is 12.8. The second-order valence-electron chi connectivity index (χ2n) is 6.42. The minimum atomic E-state index is -0.370. The largest absolute Gasteiger partial charge is 0.354 e. The fourth-order valence-electron chi connectivity index (χ4n) is 3.38. The van der Waals surface area contributed by atoms with Crippen molar-refractivity contribution in [2.24, 2.45) is 11.3 Å². The monoisotopic (exact) mass is 355 g/mol. The molecule has 1 aromatic carbocycles. The van der Waals surface area contributed by atoms with Gasteiger partial charge in [0.25, 0.3) is 5.91 Å². The van der Waals surface area contributed by atoms with Gasteiger partial charge in [-0.05, 0) is 62.0 Å². The molecule has 2 aliphatic rings. The Kier molecular flexibility index (Phi) is 6.18. The molecule has 5 nitrogen and oxygen atoms in total. The summed E-state index contributed by atoms with van der Waals surface area (Å²) >= 11 is 0. The van der Waals surface area contributed by atoms with Crippen LogP contribution in [0.15, 0.2) is 24.3 Å². The van der Waals surface area contributed by atoms with Crippen LogP contribution in [0.3, 0.4) is 0 Å². The van der Waals surface area contributed by atoms with E-state index in [2.05, 4.69) is 16.0 Å². The average Bonchev–Trinajstić information content (AvgIpc) is 3.25. The van der Waals surface area contributed by atoms with E-state index in [1.54, 1.807) is 0 Å². The summed E-state index contributed by atoms with van der Waals surface area (Å²) in [5.41, 5.74) is 0.640. The summed E-state index contributed by atoms with van der Waals surface area (Å²) in [6.07, 6.45) is 3.14. The van der Waals surface area contributed by atoms with Gasteiger partial charge in [-0.15, -0.1) is 12.4 Å². The summed E-state index contributed by atoms with van der Waals surface area (Å²) in [6, 6.07) is 5.38. The minimum Gasteiger partial charge on any atom is -0.354 e. The Morgan fingerprint density at radius 3 is 2.42 bits per heavy atom. The van der Waals surface area contributed by atoms with Gasteiger partial charge in [0.15, 0.2) is 0 Å². The number of rotatable bonds is 5. The number of nitrogens with one attached hydrogen (secondary N) is 3. The van der Waals surface area contributed by atoms with E-state index < -0.39 is 0 Å². The van der Waals surface area contributed by atoms with E-state index >= 15 is 0 Å². The van der Waals surface area contributed by atoms with Gasteiger partial charge in [-0.2, -0.15) is 0 Å². The smallest absolute Gasteiger partial charge is 0.251 e. The van der Waals surface area contributed by atoms with Crippen LogP contribution in [0, 0.1) is 17.2 Å². The Morgan fingerprint density at radius 2 is 1.75 bits per heavy atom. The summed E-state index contributed by atoms with van der Waals surface area (Å²) in [5.74, 6) is -0.397. The number of halogens is 2. The number of carbonyl (C=O) groups is 2. The van der Waals surface area contributed by atoms with Gasteiger partial charge in [0, 0.05) is 24.6 Å². The Morgan fingerprint density at radius 1 is 1.12 bits per heavy atom. The van der Waals surface area contributed by atoms with E-state index in [0.29, 0.717) is 18.7 Å². The van der Waals surface area contributed by atoms with Gasteiger partial charge in [-0.1, -0.05) is 0 Å². The van der Waals surface area contributed by atoms with Crippen LogP contribution >= 0.6 is 12.4 Å². The summed E-state index contributed by atoms with van der Waals surface area (Å²) in [6.45, 7) is 2.77. The van der Waals surface area contributed by atoms with Crippen LogP contribution in [0.5, 0.6) is 0 Å². The van der Waals surface area contributed by atoms with Crippen molar-refractivity contribution >= 4 is 24.2 Å². The van der Waals surface area contributed by atoms with Gasteiger partial charge in [0.2, 0.25) is 5.91 Å². The van der Waals surface area contributed by atoms with Crippen molar-refractivity contribution in [1.82, 2.24) is 16.0 Å². The van der Waals surface area contributed by atoms with Crippen molar-refractivity contribution in [3.8, 4) is 0 Å².